The topological polar surface area (TPSA) is 75.3 Å². The summed E-state index contributed by atoms with van der Waals surface area (Å²) in [4.78, 5) is 12.6. The first kappa shape index (κ1) is 20.5. The number of hydrogen-bond acceptors (Lipinski definition) is 3. The molecule has 3 rings (SSSR count). The van der Waals surface area contributed by atoms with E-state index in [1.54, 1.807) is 0 Å². The largest absolute Gasteiger partial charge is 0.345 e. The number of rotatable bonds is 7. The first-order valence-corrected chi connectivity index (χ1v) is 10.6. The number of hydrogen-bond donors (Lipinski definition) is 2. The molecule has 0 fully saturated rings. The minimum absolute atomic E-state index is 0.124. The maximum atomic E-state index is 13.8. The van der Waals surface area contributed by atoms with Crippen molar-refractivity contribution in [1.82, 2.24) is 5.32 Å². The summed E-state index contributed by atoms with van der Waals surface area (Å²) < 4.78 is 41.2. The normalized spacial score (nSPS) is 12.2. The molecule has 0 unspecified atom stereocenters. The monoisotopic (exact) mass is 412 g/mol. The molecule has 0 aromatic heterocycles. The van der Waals surface area contributed by atoms with Crippen LogP contribution in [0.1, 0.15) is 35.3 Å². The molecule has 0 aliphatic heterocycles. The Morgan fingerprint density at radius 1 is 0.966 bits per heavy atom. The van der Waals surface area contributed by atoms with Gasteiger partial charge >= 0.3 is 0 Å². The molecule has 0 saturated carbocycles. The second kappa shape index (κ2) is 8.87. The van der Waals surface area contributed by atoms with Crippen LogP contribution in [0.5, 0.6) is 0 Å². The van der Waals surface area contributed by atoms with E-state index in [0.29, 0.717) is 6.42 Å². The number of halogens is 1. The molecule has 0 aliphatic carbocycles. The van der Waals surface area contributed by atoms with E-state index >= 15 is 0 Å². The van der Waals surface area contributed by atoms with Crippen molar-refractivity contribution in [2.75, 3.05) is 4.72 Å². The lowest BCUT2D eigenvalue weighted by Gasteiger charge is -2.18. The van der Waals surface area contributed by atoms with E-state index in [1.165, 1.54) is 42.5 Å². The summed E-state index contributed by atoms with van der Waals surface area (Å²) in [5.74, 6) is -1.07. The molecule has 150 valence electrons. The van der Waals surface area contributed by atoms with Crippen LogP contribution in [0.15, 0.2) is 83.8 Å². The molecule has 2 N–H and O–H groups in total. The van der Waals surface area contributed by atoms with Gasteiger partial charge < -0.3 is 5.32 Å². The van der Waals surface area contributed by atoms with E-state index in [2.05, 4.69) is 10.0 Å². The van der Waals surface area contributed by atoms with Crippen LogP contribution in [0.3, 0.4) is 0 Å². The van der Waals surface area contributed by atoms with Crippen molar-refractivity contribution in [3.8, 4) is 0 Å². The average Bonchev–Trinajstić information content (AvgIpc) is 2.74. The molecule has 0 heterocycles. The Hall–Kier alpha value is -3.19. The zero-order chi connectivity index (χ0) is 20.9. The van der Waals surface area contributed by atoms with E-state index < -0.39 is 15.8 Å². The van der Waals surface area contributed by atoms with Gasteiger partial charge in [-0.25, -0.2) is 12.8 Å². The van der Waals surface area contributed by atoms with Gasteiger partial charge in [0.1, 0.15) is 5.82 Å². The highest BCUT2D eigenvalue weighted by Crippen LogP contribution is 2.21. The Balaban J connectivity index is 1.81. The van der Waals surface area contributed by atoms with Crippen LogP contribution in [0.4, 0.5) is 10.1 Å². The van der Waals surface area contributed by atoms with E-state index in [4.69, 9.17) is 0 Å². The molecule has 29 heavy (non-hydrogen) atoms. The Morgan fingerprint density at radius 2 is 1.66 bits per heavy atom. The lowest BCUT2D eigenvalue weighted by atomic mass is 10.0. The molecule has 0 aliphatic rings. The van der Waals surface area contributed by atoms with Crippen molar-refractivity contribution in [2.45, 2.75) is 24.3 Å². The van der Waals surface area contributed by atoms with Crippen molar-refractivity contribution >= 4 is 21.6 Å². The molecule has 1 atom stereocenters. The van der Waals surface area contributed by atoms with Crippen LogP contribution in [0.2, 0.25) is 0 Å². The molecule has 0 radical (unpaired) electrons. The van der Waals surface area contributed by atoms with Crippen molar-refractivity contribution in [3.05, 3.63) is 95.8 Å². The molecule has 5 nitrogen and oxygen atoms in total. The highest BCUT2D eigenvalue weighted by Gasteiger charge is 2.19. The molecule has 3 aromatic carbocycles. The van der Waals surface area contributed by atoms with Crippen LogP contribution in [0.25, 0.3) is 0 Å². The van der Waals surface area contributed by atoms with Gasteiger partial charge in [-0.2, -0.15) is 0 Å². The van der Waals surface area contributed by atoms with E-state index in [-0.39, 0.29) is 28.1 Å². The Kier molecular flexibility index (Phi) is 6.29. The lowest BCUT2D eigenvalue weighted by molar-refractivity contribution is 0.0935. The zero-order valence-electron chi connectivity index (χ0n) is 15.8. The maximum Gasteiger partial charge on any atom is 0.262 e. The van der Waals surface area contributed by atoms with Gasteiger partial charge in [-0.3, -0.25) is 9.52 Å². The Morgan fingerprint density at radius 3 is 2.34 bits per heavy atom. The second-order valence-electron chi connectivity index (χ2n) is 6.46. The number of benzene rings is 3. The summed E-state index contributed by atoms with van der Waals surface area (Å²) in [6, 6.07) is 20.5. The van der Waals surface area contributed by atoms with Crippen LogP contribution in [0, 0.1) is 5.82 Å². The molecule has 0 spiro atoms. The maximum absolute atomic E-state index is 13.8. The summed E-state index contributed by atoms with van der Waals surface area (Å²) in [6.45, 7) is 1.96. The molecule has 3 aromatic rings. The van der Waals surface area contributed by atoms with Gasteiger partial charge in [0.05, 0.1) is 16.6 Å². The average molecular weight is 412 g/mol. The van der Waals surface area contributed by atoms with Crippen LogP contribution in [-0.4, -0.2) is 14.3 Å². The number of para-hydroxylation sites is 1. The number of amides is 1. The van der Waals surface area contributed by atoms with Crippen molar-refractivity contribution in [2.24, 2.45) is 0 Å². The number of carbonyl (C=O) groups excluding carboxylic acids is 1. The number of sulfonamides is 1. The Labute approximate surface area is 169 Å². The second-order valence-corrected chi connectivity index (χ2v) is 8.14. The molecule has 1 amide bonds. The number of carbonyl (C=O) groups is 1. The standard InChI is InChI=1S/C22H21FN2O3S/c1-2-20(16-9-4-3-5-10-16)24-22(26)17-11-8-12-18(15-17)29(27,28)25-21-14-7-6-13-19(21)23/h3-15,20,25H,2H2,1H3,(H,24,26)/t20-/m1/s1. The first-order valence-electron chi connectivity index (χ1n) is 9.14. The third-order valence-corrected chi connectivity index (χ3v) is 5.80. The number of anilines is 1. The first-order chi connectivity index (χ1) is 13.9. The van der Waals surface area contributed by atoms with Crippen molar-refractivity contribution in [1.29, 1.82) is 0 Å². The minimum Gasteiger partial charge on any atom is -0.345 e. The summed E-state index contributed by atoms with van der Waals surface area (Å²) in [5, 5.41) is 2.92. The third-order valence-electron chi connectivity index (χ3n) is 4.44. The highest BCUT2D eigenvalue weighted by atomic mass is 32.2. The van der Waals surface area contributed by atoms with Crippen molar-refractivity contribution in [3.63, 3.8) is 0 Å². The summed E-state index contributed by atoms with van der Waals surface area (Å²) in [5.41, 5.74) is 1.02. The van der Waals surface area contributed by atoms with Crippen LogP contribution >= 0.6 is 0 Å². The summed E-state index contributed by atoms with van der Waals surface area (Å²) in [7, 11) is -4.05. The minimum atomic E-state index is -4.05. The van der Waals surface area contributed by atoms with Gasteiger partial charge in [0.2, 0.25) is 0 Å². The smallest absolute Gasteiger partial charge is 0.262 e. The number of nitrogens with one attached hydrogen (secondary N) is 2. The summed E-state index contributed by atoms with van der Waals surface area (Å²) >= 11 is 0. The summed E-state index contributed by atoms with van der Waals surface area (Å²) in [6.07, 6.45) is 0.683. The fourth-order valence-corrected chi connectivity index (χ4v) is 4.01. The molecular weight excluding hydrogens is 391 g/mol. The third kappa shape index (κ3) is 5.00. The molecule has 0 bridgehead atoms. The predicted octanol–water partition coefficient (Wildman–Crippen LogP) is 4.51. The quantitative estimate of drug-likeness (QED) is 0.600. The van der Waals surface area contributed by atoms with Gasteiger partial charge in [0.25, 0.3) is 15.9 Å². The van der Waals surface area contributed by atoms with Gasteiger partial charge in [-0.15, -0.1) is 0 Å². The molecule has 7 heteroatoms. The highest BCUT2D eigenvalue weighted by molar-refractivity contribution is 7.92. The van der Waals surface area contributed by atoms with E-state index in [1.807, 2.05) is 37.3 Å². The SMILES string of the molecule is CC[C@@H](NC(=O)c1cccc(S(=O)(=O)Nc2ccccc2F)c1)c1ccccc1. The van der Waals surface area contributed by atoms with Gasteiger partial charge in [0, 0.05) is 5.56 Å². The van der Waals surface area contributed by atoms with Gasteiger partial charge in [0.15, 0.2) is 0 Å². The van der Waals surface area contributed by atoms with Gasteiger partial charge in [-0.1, -0.05) is 55.5 Å². The van der Waals surface area contributed by atoms with E-state index in [0.717, 1.165) is 11.6 Å². The van der Waals surface area contributed by atoms with Gasteiger partial charge in [-0.05, 0) is 42.3 Å². The molecule has 0 saturated heterocycles. The fraction of sp³-hybridized carbons (Fsp3) is 0.136. The lowest BCUT2D eigenvalue weighted by Crippen LogP contribution is -2.28. The molecular formula is C22H21FN2O3S. The zero-order valence-corrected chi connectivity index (χ0v) is 16.6. The van der Waals surface area contributed by atoms with Crippen LogP contribution < -0.4 is 10.0 Å². The fourth-order valence-electron chi connectivity index (χ4n) is 2.90. The van der Waals surface area contributed by atoms with Crippen molar-refractivity contribution < 1.29 is 17.6 Å². The van der Waals surface area contributed by atoms with E-state index in [9.17, 15) is 17.6 Å². The van der Waals surface area contributed by atoms with Crippen LogP contribution in [-0.2, 0) is 10.0 Å². The predicted molar refractivity (Wildman–Crippen MR) is 111 cm³/mol. The Bertz CT molecular complexity index is 1100.